The maximum absolute atomic E-state index is 11.2. The summed E-state index contributed by atoms with van der Waals surface area (Å²) in [7, 11) is 2.76. The zero-order valence-electron chi connectivity index (χ0n) is 11.9. The Morgan fingerprint density at radius 2 is 1.60 bits per heavy atom. The van der Waals surface area contributed by atoms with E-state index in [2.05, 4.69) is 0 Å². The Balaban J connectivity index is 3.00. The monoisotopic (exact) mass is 292 g/mol. The first-order valence-corrected chi connectivity index (χ1v) is 6.10. The number of ether oxygens (including phenoxy) is 5. The van der Waals surface area contributed by atoms with Gasteiger partial charge in [-0.15, -0.1) is 0 Å². The summed E-state index contributed by atoms with van der Waals surface area (Å²) in [5, 5.41) is 9.87. The highest BCUT2D eigenvalue weighted by Crippen LogP contribution is 2.27. The molecule has 8 heteroatoms. The quantitative estimate of drug-likeness (QED) is 0.659. The molecule has 0 aliphatic carbocycles. The number of aliphatic hydroxyl groups excluding tert-OH is 1. The van der Waals surface area contributed by atoms with Crippen molar-refractivity contribution >= 4 is 11.9 Å². The number of rotatable bonds is 5. The van der Waals surface area contributed by atoms with Gasteiger partial charge >= 0.3 is 11.9 Å². The number of hydrogen-bond acceptors (Lipinski definition) is 8. The topological polar surface area (TPSA) is 101 Å². The van der Waals surface area contributed by atoms with E-state index < -0.39 is 42.6 Å². The average Bonchev–Trinajstić information content (AvgIpc) is 2.33. The van der Waals surface area contributed by atoms with Crippen LogP contribution in [-0.2, 0) is 33.3 Å². The van der Waals surface area contributed by atoms with Gasteiger partial charge in [0.15, 0.2) is 18.5 Å². The molecule has 0 amide bonds. The summed E-state index contributed by atoms with van der Waals surface area (Å²) in [6.45, 7) is 2.50. The van der Waals surface area contributed by atoms with E-state index in [1.807, 2.05) is 0 Å². The largest absolute Gasteiger partial charge is 0.456 e. The van der Waals surface area contributed by atoms with Crippen molar-refractivity contribution in [3.8, 4) is 0 Å². The molecule has 0 spiro atoms. The molecule has 5 atom stereocenters. The van der Waals surface area contributed by atoms with Gasteiger partial charge in [-0.1, -0.05) is 0 Å². The van der Waals surface area contributed by atoms with Crippen molar-refractivity contribution in [3.63, 3.8) is 0 Å². The van der Waals surface area contributed by atoms with Gasteiger partial charge in [0.05, 0.1) is 6.61 Å². The fraction of sp³-hybridized carbons (Fsp3) is 0.833. The fourth-order valence-corrected chi connectivity index (χ4v) is 2.10. The summed E-state index contributed by atoms with van der Waals surface area (Å²) in [5.41, 5.74) is 0. The minimum atomic E-state index is -1.32. The summed E-state index contributed by atoms with van der Waals surface area (Å²) >= 11 is 0. The average molecular weight is 292 g/mol. The van der Waals surface area contributed by atoms with E-state index in [4.69, 9.17) is 23.7 Å². The van der Waals surface area contributed by atoms with Gasteiger partial charge in [-0.05, 0) is 0 Å². The van der Waals surface area contributed by atoms with Crippen LogP contribution in [0.4, 0.5) is 0 Å². The number of carbonyl (C=O) groups is 2. The van der Waals surface area contributed by atoms with Gasteiger partial charge in [0.1, 0.15) is 12.2 Å². The van der Waals surface area contributed by atoms with E-state index in [1.165, 1.54) is 28.1 Å². The van der Waals surface area contributed by atoms with Crippen molar-refractivity contribution in [1.29, 1.82) is 0 Å². The lowest BCUT2D eigenvalue weighted by molar-refractivity contribution is -0.297. The minimum absolute atomic E-state index is 0.0587. The second-order valence-corrected chi connectivity index (χ2v) is 4.37. The molecule has 1 saturated heterocycles. The van der Waals surface area contributed by atoms with Crippen LogP contribution in [0.5, 0.6) is 0 Å². The SMILES string of the molecule is COC[C@H]1O[C@H](O)[C@@H](OC)[C@@H](OC(C)=O)[C@@H]1OC(C)=O. The molecular weight excluding hydrogens is 272 g/mol. The van der Waals surface area contributed by atoms with E-state index in [9.17, 15) is 14.7 Å². The number of carbonyl (C=O) groups excluding carboxylic acids is 2. The van der Waals surface area contributed by atoms with Gasteiger partial charge in [-0.3, -0.25) is 9.59 Å². The molecule has 1 N–H and O–H groups in total. The molecule has 0 unspecified atom stereocenters. The molecular formula is C12H20O8. The highest BCUT2D eigenvalue weighted by atomic mass is 16.7. The third-order valence-corrected chi connectivity index (χ3v) is 2.82. The molecule has 1 fully saturated rings. The summed E-state index contributed by atoms with van der Waals surface area (Å²) in [5.74, 6) is -1.15. The Morgan fingerprint density at radius 1 is 1.05 bits per heavy atom. The third-order valence-electron chi connectivity index (χ3n) is 2.82. The predicted molar refractivity (Wildman–Crippen MR) is 64.7 cm³/mol. The van der Waals surface area contributed by atoms with Crippen LogP contribution in [-0.4, -0.2) is 68.6 Å². The highest BCUT2D eigenvalue weighted by molar-refractivity contribution is 5.67. The fourth-order valence-electron chi connectivity index (χ4n) is 2.10. The van der Waals surface area contributed by atoms with Crippen molar-refractivity contribution < 1.29 is 38.4 Å². The smallest absolute Gasteiger partial charge is 0.303 e. The molecule has 8 nitrogen and oxygen atoms in total. The van der Waals surface area contributed by atoms with Crippen LogP contribution in [0.2, 0.25) is 0 Å². The van der Waals surface area contributed by atoms with Crippen molar-refractivity contribution in [2.24, 2.45) is 0 Å². The molecule has 1 heterocycles. The van der Waals surface area contributed by atoms with Crippen molar-refractivity contribution in [3.05, 3.63) is 0 Å². The lowest BCUT2D eigenvalue weighted by atomic mass is 9.98. The lowest BCUT2D eigenvalue weighted by Crippen LogP contribution is -2.61. The molecule has 0 aromatic carbocycles. The Bertz CT molecular complexity index is 344. The zero-order chi connectivity index (χ0) is 15.3. The minimum Gasteiger partial charge on any atom is -0.456 e. The van der Waals surface area contributed by atoms with E-state index in [-0.39, 0.29) is 6.61 Å². The summed E-state index contributed by atoms with van der Waals surface area (Å²) in [6, 6.07) is 0. The number of methoxy groups -OCH3 is 2. The Morgan fingerprint density at radius 3 is 2.05 bits per heavy atom. The van der Waals surface area contributed by atoms with Gasteiger partial charge in [0.2, 0.25) is 0 Å². The van der Waals surface area contributed by atoms with Crippen LogP contribution in [0.3, 0.4) is 0 Å². The molecule has 0 saturated carbocycles. The van der Waals surface area contributed by atoms with Crippen LogP contribution in [0.25, 0.3) is 0 Å². The lowest BCUT2D eigenvalue weighted by Gasteiger charge is -2.42. The standard InChI is InChI=1S/C12H20O8/c1-6(13)18-9-8(5-16-3)20-12(15)11(17-4)10(9)19-7(2)14/h8-12,15H,5H2,1-4H3/t8-,9-,10+,11+,12+/m1/s1. The normalized spacial score (nSPS) is 33.5. The molecule has 0 aromatic heterocycles. The van der Waals surface area contributed by atoms with Crippen LogP contribution in [0.15, 0.2) is 0 Å². The molecule has 0 radical (unpaired) electrons. The van der Waals surface area contributed by atoms with Gasteiger partial charge in [0, 0.05) is 28.1 Å². The van der Waals surface area contributed by atoms with Crippen LogP contribution < -0.4 is 0 Å². The van der Waals surface area contributed by atoms with Gasteiger partial charge in [-0.2, -0.15) is 0 Å². The maximum atomic E-state index is 11.2. The van der Waals surface area contributed by atoms with Crippen LogP contribution in [0, 0.1) is 0 Å². The Kier molecular flexibility index (Phi) is 6.34. The van der Waals surface area contributed by atoms with Crippen LogP contribution >= 0.6 is 0 Å². The van der Waals surface area contributed by atoms with Crippen LogP contribution in [0.1, 0.15) is 13.8 Å². The number of aliphatic hydroxyl groups is 1. The van der Waals surface area contributed by atoms with Crippen molar-refractivity contribution in [2.45, 2.75) is 44.6 Å². The Labute approximate surface area is 116 Å². The van der Waals surface area contributed by atoms with Gasteiger partial charge in [0.25, 0.3) is 0 Å². The first-order valence-electron chi connectivity index (χ1n) is 6.10. The van der Waals surface area contributed by atoms with Gasteiger partial charge in [-0.25, -0.2) is 0 Å². The molecule has 0 aromatic rings. The van der Waals surface area contributed by atoms with E-state index in [0.29, 0.717) is 0 Å². The summed E-state index contributed by atoms with van der Waals surface area (Å²) in [4.78, 5) is 22.4. The summed E-state index contributed by atoms with van der Waals surface area (Å²) < 4.78 is 25.6. The predicted octanol–water partition coefficient (Wildman–Crippen LogP) is -0.772. The molecule has 0 bridgehead atoms. The van der Waals surface area contributed by atoms with Gasteiger partial charge < -0.3 is 28.8 Å². The molecule has 1 aliphatic rings. The molecule has 1 rings (SSSR count). The van der Waals surface area contributed by atoms with Crippen molar-refractivity contribution in [1.82, 2.24) is 0 Å². The zero-order valence-corrected chi connectivity index (χ0v) is 11.9. The van der Waals surface area contributed by atoms with E-state index >= 15 is 0 Å². The number of esters is 2. The van der Waals surface area contributed by atoms with E-state index in [0.717, 1.165) is 0 Å². The first-order chi connectivity index (χ1) is 9.40. The third kappa shape index (κ3) is 4.14. The van der Waals surface area contributed by atoms with E-state index in [1.54, 1.807) is 0 Å². The second-order valence-electron chi connectivity index (χ2n) is 4.37. The molecule has 20 heavy (non-hydrogen) atoms. The molecule has 116 valence electrons. The maximum Gasteiger partial charge on any atom is 0.303 e. The summed E-state index contributed by atoms with van der Waals surface area (Å²) in [6.07, 6.45) is -4.96. The number of hydrogen-bond donors (Lipinski definition) is 1. The highest BCUT2D eigenvalue weighted by Gasteiger charge is 2.49. The molecule has 1 aliphatic heterocycles. The first kappa shape index (κ1) is 16.8. The second kappa shape index (κ2) is 7.53. The van der Waals surface area contributed by atoms with Crippen molar-refractivity contribution in [2.75, 3.05) is 20.8 Å². The Hall–Kier alpha value is -1.22.